The number of rotatable bonds is 8. The summed E-state index contributed by atoms with van der Waals surface area (Å²) >= 11 is 0. The van der Waals surface area contributed by atoms with Crippen molar-refractivity contribution in [1.82, 2.24) is 10.2 Å². The second kappa shape index (κ2) is 6.86. The van der Waals surface area contributed by atoms with Crippen LogP contribution in [0.4, 0.5) is 0 Å². The average Bonchev–Trinajstić information content (AvgIpc) is 2.17. The Kier molecular flexibility index (Phi) is 6.60. The summed E-state index contributed by atoms with van der Waals surface area (Å²) in [6, 6.07) is 0.372. The van der Waals surface area contributed by atoms with Crippen LogP contribution in [0.3, 0.4) is 0 Å². The van der Waals surface area contributed by atoms with Gasteiger partial charge in [-0.2, -0.15) is 0 Å². The first-order valence-corrected chi connectivity index (χ1v) is 6.09. The Labute approximate surface area is 99.0 Å². The van der Waals surface area contributed by atoms with E-state index in [0.29, 0.717) is 19.1 Å². The molecule has 0 aliphatic heterocycles. The van der Waals surface area contributed by atoms with Gasteiger partial charge in [-0.3, -0.25) is 9.69 Å². The molecule has 0 spiro atoms. The molecule has 0 aliphatic rings. The maximum absolute atomic E-state index is 11.3. The van der Waals surface area contributed by atoms with Crippen LogP contribution < -0.4 is 5.32 Å². The molecule has 2 N–H and O–H groups in total. The zero-order valence-corrected chi connectivity index (χ0v) is 11.2. The Morgan fingerprint density at radius 1 is 1.44 bits per heavy atom. The van der Waals surface area contributed by atoms with E-state index >= 15 is 0 Å². The summed E-state index contributed by atoms with van der Waals surface area (Å²) in [5.74, 6) is -0.781. The highest BCUT2D eigenvalue weighted by molar-refractivity contribution is 5.78. The molecule has 0 aliphatic carbocycles. The lowest BCUT2D eigenvalue weighted by atomic mass is 10.0. The zero-order chi connectivity index (χ0) is 12.8. The van der Waals surface area contributed by atoms with Crippen molar-refractivity contribution >= 4 is 5.97 Å². The molecular weight excluding hydrogens is 204 g/mol. The lowest BCUT2D eigenvalue weighted by molar-refractivity contribution is -0.145. The molecule has 0 aromatic rings. The van der Waals surface area contributed by atoms with E-state index in [1.54, 1.807) is 6.92 Å². The lowest BCUT2D eigenvalue weighted by Crippen LogP contribution is -2.58. The Hall–Kier alpha value is -0.610. The number of aliphatic carboxylic acids is 1. The van der Waals surface area contributed by atoms with E-state index in [-0.39, 0.29) is 0 Å². The molecule has 96 valence electrons. The van der Waals surface area contributed by atoms with Crippen LogP contribution in [0.2, 0.25) is 0 Å². The molecule has 1 unspecified atom stereocenters. The fraction of sp³-hybridized carbons (Fsp3) is 0.917. The van der Waals surface area contributed by atoms with E-state index < -0.39 is 11.5 Å². The van der Waals surface area contributed by atoms with Gasteiger partial charge < -0.3 is 10.4 Å². The van der Waals surface area contributed by atoms with Crippen LogP contribution in [0.15, 0.2) is 0 Å². The largest absolute Gasteiger partial charge is 0.480 e. The fourth-order valence-electron chi connectivity index (χ4n) is 1.80. The molecule has 0 radical (unpaired) electrons. The third-order valence-corrected chi connectivity index (χ3v) is 2.80. The van der Waals surface area contributed by atoms with Gasteiger partial charge in [0.2, 0.25) is 0 Å². The molecule has 0 amide bonds. The normalized spacial score (nSPS) is 15.4. The summed E-state index contributed by atoms with van der Waals surface area (Å²) in [6.45, 7) is 12.1. The molecule has 0 aromatic carbocycles. The van der Waals surface area contributed by atoms with Gasteiger partial charge in [-0.1, -0.05) is 13.8 Å². The third kappa shape index (κ3) is 4.49. The van der Waals surface area contributed by atoms with E-state index in [2.05, 4.69) is 31.0 Å². The van der Waals surface area contributed by atoms with Gasteiger partial charge in [0.05, 0.1) is 0 Å². The van der Waals surface area contributed by atoms with E-state index in [1.807, 2.05) is 6.92 Å². The van der Waals surface area contributed by atoms with Crippen molar-refractivity contribution in [3.05, 3.63) is 0 Å². The molecule has 4 heteroatoms. The Bertz CT molecular complexity index is 219. The van der Waals surface area contributed by atoms with Crippen molar-refractivity contribution in [2.45, 2.75) is 52.6 Å². The van der Waals surface area contributed by atoms with Gasteiger partial charge >= 0.3 is 5.97 Å². The zero-order valence-electron chi connectivity index (χ0n) is 11.2. The Morgan fingerprint density at radius 2 is 2.00 bits per heavy atom. The predicted octanol–water partition coefficient (Wildman–Crippen LogP) is 1.56. The molecule has 16 heavy (non-hydrogen) atoms. The van der Waals surface area contributed by atoms with Crippen LogP contribution in [-0.2, 0) is 4.79 Å². The monoisotopic (exact) mass is 230 g/mol. The average molecular weight is 230 g/mol. The number of hydrogen-bond acceptors (Lipinski definition) is 3. The maximum Gasteiger partial charge on any atom is 0.324 e. The highest BCUT2D eigenvalue weighted by Crippen LogP contribution is 2.10. The smallest absolute Gasteiger partial charge is 0.324 e. The minimum Gasteiger partial charge on any atom is -0.480 e. The highest BCUT2D eigenvalue weighted by atomic mass is 16.4. The number of likely N-dealkylation sites (N-methyl/N-ethyl adjacent to an activating group) is 1. The molecule has 0 heterocycles. The number of carbonyl (C=O) groups is 1. The third-order valence-electron chi connectivity index (χ3n) is 2.80. The summed E-state index contributed by atoms with van der Waals surface area (Å²) in [5, 5.41) is 12.3. The van der Waals surface area contributed by atoms with Crippen LogP contribution in [0.25, 0.3) is 0 Å². The summed E-state index contributed by atoms with van der Waals surface area (Å²) in [7, 11) is 0. The van der Waals surface area contributed by atoms with Gasteiger partial charge in [0, 0.05) is 12.6 Å². The quantitative estimate of drug-likeness (QED) is 0.664. The molecule has 0 saturated heterocycles. The lowest BCUT2D eigenvalue weighted by Gasteiger charge is -2.35. The van der Waals surface area contributed by atoms with E-state index in [1.165, 1.54) is 0 Å². The van der Waals surface area contributed by atoms with Crippen LogP contribution in [0.5, 0.6) is 0 Å². The summed E-state index contributed by atoms with van der Waals surface area (Å²) in [5.41, 5.74) is -0.853. The molecule has 0 aromatic heterocycles. The second-order valence-electron chi connectivity index (χ2n) is 4.73. The minimum atomic E-state index is -0.853. The summed E-state index contributed by atoms with van der Waals surface area (Å²) in [4.78, 5) is 13.5. The van der Waals surface area contributed by atoms with Crippen molar-refractivity contribution in [3.8, 4) is 0 Å². The maximum atomic E-state index is 11.3. The standard InChI is InChI=1S/C12H26N2O2/c1-6-8-14(10(3)4)9-12(5,11(15)16)13-7-2/h10,13H,6-9H2,1-5H3,(H,15,16). The topological polar surface area (TPSA) is 52.6 Å². The van der Waals surface area contributed by atoms with Crippen molar-refractivity contribution in [2.75, 3.05) is 19.6 Å². The van der Waals surface area contributed by atoms with Gasteiger partial charge in [0.1, 0.15) is 5.54 Å². The Balaban J connectivity index is 4.63. The molecular formula is C12H26N2O2. The first kappa shape index (κ1) is 15.4. The number of hydrogen-bond donors (Lipinski definition) is 2. The van der Waals surface area contributed by atoms with Crippen molar-refractivity contribution in [1.29, 1.82) is 0 Å². The van der Waals surface area contributed by atoms with Gasteiger partial charge in [-0.15, -0.1) is 0 Å². The highest BCUT2D eigenvalue weighted by Gasteiger charge is 2.34. The van der Waals surface area contributed by atoms with E-state index in [0.717, 1.165) is 13.0 Å². The van der Waals surface area contributed by atoms with Gasteiger partial charge in [0.15, 0.2) is 0 Å². The first-order chi connectivity index (χ1) is 7.37. The minimum absolute atomic E-state index is 0.372. The summed E-state index contributed by atoms with van der Waals surface area (Å²) < 4.78 is 0. The van der Waals surface area contributed by atoms with Crippen molar-refractivity contribution < 1.29 is 9.90 Å². The van der Waals surface area contributed by atoms with Crippen molar-refractivity contribution in [2.24, 2.45) is 0 Å². The SMILES string of the molecule is CCCN(CC(C)(NCC)C(=O)O)C(C)C. The molecule has 0 fully saturated rings. The van der Waals surface area contributed by atoms with E-state index in [9.17, 15) is 9.90 Å². The number of carboxylic acids is 1. The fourth-order valence-corrected chi connectivity index (χ4v) is 1.80. The van der Waals surface area contributed by atoms with Gasteiger partial charge in [0.25, 0.3) is 0 Å². The van der Waals surface area contributed by atoms with Crippen LogP contribution in [0.1, 0.15) is 41.0 Å². The molecule has 4 nitrogen and oxygen atoms in total. The van der Waals surface area contributed by atoms with Crippen LogP contribution in [-0.4, -0.2) is 47.2 Å². The molecule has 0 rings (SSSR count). The first-order valence-electron chi connectivity index (χ1n) is 6.09. The Morgan fingerprint density at radius 3 is 2.31 bits per heavy atom. The number of nitrogens with zero attached hydrogens (tertiary/aromatic N) is 1. The number of nitrogens with one attached hydrogen (secondary N) is 1. The summed E-state index contributed by atoms with van der Waals surface area (Å²) in [6.07, 6.45) is 1.04. The van der Waals surface area contributed by atoms with Crippen LogP contribution >= 0.6 is 0 Å². The van der Waals surface area contributed by atoms with Gasteiger partial charge in [-0.05, 0) is 40.3 Å². The predicted molar refractivity (Wildman–Crippen MR) is 66.7 cm³/mol. The molecule has 0 saturated carbocycles. The van der Waals surface area contributed by atoms with Gasteiger partial charge in [-0.25, -0.2) is 0 Å². The van der Waals surface area contributed by atoms with Crippen molar-refractivity contribution in [3.63, 3.8) is 0 Å². The second-order valence-corrected chi connectivity index (χ2v) is 4.73. The number of carboxylic acid groups (broad SMARTS) is 1. The molecule has 1 atom stereocenters. The van der Waals surface area contributed by atoms with E-state index in [4.69, 9.17) is 0 Å². The van der Waals surface area contributed by atoms with Crippen LogP contribution in [0, 0.1) is 0 Å². The molecule has 0 bridgehead atoms.